The standard InChI is InChI=1S/C18H13ClN2O2S2/c19-11-5-6-13-12(9-11)17(14-3-1-7-24-14)21(10-16(22)20-13)18(23)15-4-2-8-25-15/h1-9,17H,10H2,(H,20,22). The second-order valence-electron chi connectivity index (χ2n) is 5.61. The quantitative estimate of drug-likeness (QED) is 0.694. The Bertz CT molecular complexity index is 923. The van der Waals surface area contributed by atoms with E-state index in [4.69, 9.17) is 11.6 Å². The molecule has 2 aromatic heterocycles. The van der Waals surface area contributed by atoms with Crippen molar-refractivity contribution in [3.8, 4) is 0 Å². The monoisotopic (exact) mass is 388 g/mol. The molecule has 7 heteroatoms. The van der Waals surface area contributed by atoms with Crippen LogP contribution < -0.4 is 5.32 Å². The summed E-state index contributed by atoms with van der Waals surface area (Å²) in [6.07, 6.45) is 0. The molecule has 1 atom stereocenters. The first-order valence-electron chi connectivity index (χ1n) is 7.60. The third kappa shape index (κ3) is 3.08. The number of anilines is 1. The molecule has 0 spiro atoms. The Morgan fingerprint density at radius 1 is 1.16 bits per heavy atom. The number of thiophene rings is 2. The van der Waals surface area contributed by atoms with E-state index in [2.05, 4.69) is 5.32 Å². The van der Waals surface area contributed by atoms with Gasteiger partial charge in [0, 0.05) is 21.2 Å². The fourth-order valence-corrected chi connectivity index (χ4v) is 4.68. The van der Waals surface area contributed by atoms with E-state index in [9.17, 15) is 9.59 Å². The Hall–Kier alpha value is -2.15. The Morgan fingerprint density at radius 3 is 2.68 bits per heavy atom. The normalized spacial score (nSPS) is 16.9. The molecule has 0 saturated carbocycles. The number of fused-ring (bicyclic) bond motifs is 1. The minimum Gasteiger partial charge on any atom is -0.324 e. The van der Waals surface area contributed by atoms with Crippen LogP contribution in [0.1, 0.15) is 26.2 Å². The van der Waals surface area contributed by atoms with Gasteiger partial charge < -0.3 is 10.2 Å². The van der Waals surface area contributed by atoms with Gasteiger partial charge in [-0.05, 0) is 41.1 Å². The van der Waals surface area contributed by atoms with Crippen LogP contribution in [0.2, 0.25) is 5.02 Å². The highest BCUT2D eigenvalue weighted by Gasteiger charge is 2.34. The van der Waals surface area contributed by atoms with Gasteiger partial charge in [0.05, 0.1) is 10.9 Å². The zero-order chi connectivity index (χ0) is 17.4. The van der Waals surface area contributed by atoms with Gasteiger partial charge in [-0.1, -0.05) is 23.7 Å². The van der Waals surface area contributed by atoms with Crippen LogP contribution in [-0.2, 0) is 4.79 Å². The summed E-state index contributed by atoms with van der Waals surface area (Å²) in [6.45, 7) is -0.00833. The van der Waals surface area contributed by atoms with Gasteiger partial charge in [0.25, 0.3) is 5.91 Å². The molecule has 1 aliphatic heterocycles. The third-order valence-electron chi connectivity index (χ3n) is 4.01. The highest BCUT2D eigenvalue weighted by atomic mass is 35.5. The first-order valence-corrected chi connectivity index (χ1v) is 9.74. The van der Waals surface area contributed by atoms with E-state index in [0.29, 0.717) is 15.6 Å². The lowest BCUT2D eigenvalue weighted by Gasteiger charge is -2.29. The van der Waals surface area contributed by atoms with Crippen LogP contribution in [0.15, 0.2) is 53.2 Å². The molecule has 3 heterocycles. The fourth-order valence-electron chi connectivity index (χ4n) is 2.96. The second kappa shape index (κ2) is 6.63. The fraction of sp³-hybridized carbons (Fsp3) is 0.111. The summed E-state index contributed by atoms with van der Waals surface area (Å²) < 4.78 is 0. The number of rotatable bonds is 2. The summed E-state index contributed by atoms with van der Waals surface area (Å²) in [6, 6.07) is 12.5. The number of hydrogen-bond donors (Lipinski definition) is 1. The number of halogens is 1. The van der Waals surface area contributed by atoms with Gasteiger partial charge in [-0.25, -0.2) is 0 Å². The third-order valence-corrected chi connectivity index (χ3v) is 6.03. The van der Waals surface area contributed by atoms with Gasteiger partial charge in [-0.3, -0.25) is 9.59 Å². The molecule has 0 radical (unpaired) electrons. The molecule has 126 valence electrons. The molecule has 25 heavy (non-hydrogen) atoms. The maximum atomic E-state index is 13.1. The summed E-state index contributed by atoms with van der Waals surface area (Å²) >= 11 is 9.14. The predicted molar refractivity (Wildman–Crippen MR) is 102 cm³/mol. The van der Waals surface area contributed by atoms with Crippen LogP contribution in [0.3, 0.4) is 0 Å². The van der Waals surface area contributed by atoms with Crippen molar-refractivity contribution in [2.75, 3.05) is 11.9 Å². The van der Waals surface area contributed by atoms with Crippen molar-refractivity contribution >= 4 is 51.8 Å². The van der Waals surface area contributed by atoms with Crippen molar-refractivity contribution in [1.82, 2.24) is 4.90 Å². The Balaban J connectivity index is 1.89. The van der Waals surface area contributed by atoms with Crippen molar-refractivity contribution < 1.29 is 9.59 Å². The molecule has 0 fully saturated rings. The number of hydrogen-bond acceptors (Lipinski definition) is 4. The van der Waals surface area contributed by atoms with Gasteiger partial charge in [0.2, 0.25) is 5.91 Å². The highest BCUT2D eigenvalue weighted by Crippen LogP contribution is 2.39. The smallest absolute Gasteiger partial charge is 0.265 e. The molecule has 3 aromatic rings. The minimum absolute atomic E-state index is 0.00833. The van der Waals surface area contributed by atoms with Gasteiger partial charge >= 0.3 is 0 Å². The molecule has 4 nitrogen and oxygen atoms in total. The van der Waals surface area contributed by atoms with Gasteiger partial charge in [0.1, 0.15) is 6.54 Å². The van der Waals surface area contributed by atoms with Crippen molar-refractivity contribution in [3.63, 3.8) is 0 Å². The molecule has 0 aliphatic carbocycles. The van der Waals surface area contributed by atoms with E-state index in [1.807, 2.05) is 35.0 Å². The molecule has 1 N–H and O–H groups in total. The second-order valence-corrected chi connectivity index (χ2v) is 7.97. The lowest BCUT2D eigenvalue weighted by atomic mass is 10.0. The van der Waals surface area contributed by atoms with Crippen LogP contribution in [0.4, 0.5) is 5.69 Å². The summed E-state index contributed by atoms with van der Waals surface area (Å²) in [5.41, 5.74) is 1.51. The maximum absolute atomic E-state index is 13.1. The van der Waals surface area contributed by atoms with Crippen LogP contribution in [0.5, 0.6) is 0 Å². The molecule has 2 amide bonds. The number of carbonyl (C=O) groups is 2. The van der Waals surface area contributed by atoms with E-state index in [0.717, 1.165) is 10.4 Å². The molecular weight excluding hydrogens is 376 g/mol. The average Bonchev–Trinajstić information content (AvgIpc) is 3.27. The molecule has 0 bridgehead atoms. The van der Waals surface area contributed by atoms with Crippen LogP contribution in [0, 0.1) is 0 Å². The lowest BCUT2D eigenvalue weighted by molar-refractivity contribution is -0.117. The highest BCUT2D eigenvalue weighted by molar-refractivity contribution is 7.12. The summed E-state index contributed by atoms with van der Waals surface area (Å²) in [5.74, 6) is -0.371. The van der Waals surface area contributed by atoms with E-state index in [1.165, 1.54) is 11.3 Å². The Labute approximate surface area is 157 Å². The van der Waals surface area contributed by atoms with Gasteiger partial charge in [-0.15, -0.1) is 22.7 Å². The predicted octanol–water partition coefficient (Wildman–Crippen LogP) is 4.65. The molecular formula is C18H13ClN2O2S2. The zero-order valence-corrected chi connectivity index (χ0v) is 15.3. The van der Waals surface area contributed by atoms with E-state index in [-0.39, 0.29) is 24.4 Å². The topological polar surface area (TPSA) is 49.4 Å². The van der Waals surface area contributed by atoms with Crippen LogP contribution >= 0.6 is 34.3 Å². The van der Waals surface area contributed by atoms with E-state index >= 15 is 0 Å². The first kappa shape index (κ1) is 16.3. The summed E-state index contributed by atoms with van der Waals surface area (Å²) in [5, 5.41) is 7.28. The molecule has 1 aliphatic rings. The maximum Gasteiger partial charge on any atom is 0.265 e. The van der Waals surface area contributed by atoms with Crippen molar-refractivity contribution in [3.05, 3.63) is 73.6 Å². The summed E-state index contributed by atoms with van der Waals surface area (Å²) in [4.78, 5) is 28.7. The molecule has 0 saturated heterocycles. The SMILES string of the molecule is O=C1CN(C(=O)c2cccs2)C(c2cccs2)c2cc(Cl)ccc2N1. The van der Waals surface area contributed by atoms with Crippen LogP contribution in [-0.4, -0.2) is 23.3 Å². The lowest BCUT2D eigenvalue weighted by Crippen LogP contribution is -2.38. The largest absolute Gasteiger partial charge is 0.324 e. The van der Waals surface area contributed by atoms with Gasteiger partial charge in [0.15, 0.2) is 0 Å². The van der Waals surface area contributed by atoms with Crippen molar-refractivity contribution in [2.45, 2.75) is 6.04 Å². The number of benzene rings is 1. The number of carbonyl (C=O) groups excluding carboxylic acids is 2. The number of nitrogens with zero attached hydrogens (tertiary/aromatic N) is 1. The Kier molecular flexibility index (Phi) is 4.33. The van der Waals surface area contributed by atoms with E-state index < -0.39 is 0 Å². The first-order chi connectivity index (χ1) is 12.1. The molecule has 1 aromatic carbocycles. The minimum atomic E-state index is -0.359. The Morgan fingerprint density at radius 2 is 1.96 bits per heavy atom. The zero-order valence-electron chi connectivity index (χ0n) is 12.9. The molecule has 4 rings (SSSR count). The van der Waals surface area contributed by atoms with Gasteiger partial charge in [-0.2, -0.15) is 0 Å². The van der Waals surface area contributed by atoms with Crippen molar-refractivity contribution in [2.24, 2.45) is 0 Å². The van der Waals surface area contributed by atoms with Crippen LogP contribution in [0.25, 0.3) is 0 Å². The summed E-state index contributed by atoms with van der Waals surface area (Å²) in [7, 11) is 0. The molecule has 1 unspecified atom stereocenters. The number of amides is 2. The van der Waals surface area contributed by atoms with Crippen molar-refractivity contribution in [1.29, 1.82) is 0 Å². The number of nitrogens with one attached hydrogen (secondary N) is 1. The van der Waals surface area contributed by atoms with E-state index in [1.54, 1.807) is 34.4 Å². The average molecular weight is 389 g/mol.